The average Bonchev–Trinajstić information content (AvgIpc) is 3.04. The SMILES string of the molecule is CN(C)S(=O)(=O)n1cc(-c2cnco2)c2cc(Br)cnc21. The Kier molecular flexibility index (Phi) is 3.34. The van der Waals surface area contributed by atoms with Gasteiger partial charge in [0.15, 0.2) is 17.8 Å². The molecule has 3 aromatic rings. The highest BCUT2D eigenvalue weighted by molar-refractivity contribution is 9.10. The zero-order valence-electron chi connectivity index (χ0n) is 11.2. The van der Waals surface area contributed by atoms with Crippen LogP contribution >= 0.6 is 15.9 Å². The van der Waals surface area contributed by atoms with E-state index in [-0.39, 0.29) is 0 Å². The van der Waals surface area contributed by atoms with Crippen molar-refractivity contribution in [1.29, 1.82) is 0 Å². The van der Waals surface area contributed by atoms with E-state index in [9.17, 15) is 8.42 Å². The van der Waals surface area contributed by atoms with Crippen molar-refractivity contribution in [3.63, 3.8) is 0 Å². The molecule has 110 valence electrons. The summed E-state index contributed by atoms with van der Waals surface area (Å²) in [5, 5.41) is 0.659. The lowest BCUT2D eigenvalue weighted by Crippen LogP contribution is -2.28. The van der Waals surface area contributed by atoms with E-state index in [0.717, 1.165) is 12.8 Å². The Morgan fingerprint density at radius 2 is 2.10 bits per heavy atom. The van der Waals surface area contributed by atoms with E-state index in [1.54, 1.807) is 12.3 Å². The van der Waals surface area contributed by atoms with Gasteiger partial charge < -0.3 is 4.42 Å². The monoisotopic (exact) mass is 370 g/mol. The molecule has 7 nitrogen and oxygen atoms in total. The van der Waals surface area contributed by atoms with Crippen LogP contribution in [0.3, 0.4) is 0 Å². The Morgan fingerprint density at radius 1 is 1.33 bits per heavy atom. The first-order valence-corrected chi connectivity index (χ1v) is 8.09. The number of halogens is 1. The molecule has 0 fully saturated rings. The van der Waals surface area contributed by atoms with Crippen LogP contribution in [0.2, 0.25) is 0 Å². The van der Waals surface area contributed by atoms with Crippen LogP contribution in [0.5, 0.6) is 0 Å². The predicted octanol–water partition coefficient (Wildman–Crippen LogP) is 2.11. The van der Waals surface area contributed by atoms with Crippen LogP contribution in [0.1, 0.15) is 0 Å². The molecule has 21 heavy (non-hydrogen) atoms. The summed E-state index contributed by atoms with van der Waals surface area (Å²) in [5.41, 5.74) is 0.944. The summed E-state index contributed by atoms with van der Waals surface area (Å²) >= 11 is 3.34. The number of hydrogen-bond donors (Lipinski definition) is 0. The van der Waals surface area contributed by atoms with Crippen LogP contribution in [-0.2, 0) is 10.2 Å². The lowest BCUT2D eigenvalue weighted by Gasteiger charge is -2.12. The van der Waals surface area contributed by atoms with Gasteiger partial charge in [0.05, 0.1) is 6.20 Å². The molecule has 0 aliphatic rings. The van der Waals surface area contributed by atoms with Crippen molar-refractivity contribution < 1.29 is 12.8 Å². The predicted molar refractivity (Wildman–Crippen MR) is 80.9 cm³/mol. The zero-order chi connectivity index (χ0) is 15.2. The second kappa shape index (κ2) is 4.93. The van der Waals surface area contributed by atoms with Crippen LogP contribution in [0.4, 0.5) is 0 Å². The van der Waals surface area contributed by atoms with Crippen molar-refractivity contribution in [3.05, 3.63) is 35.5 Å². The van der Waals surface area contributed by atoms with E-state index in [4.69, 9.17) is 4.42 Å². The van der Waals surface area contributed by atoms with E-state index >= 15 is 0 Å². The van der Waals surface area contributed by atoms with Crippen LogP contribution in [-0.4, -0.2) is 40.8 Å². The minimum absolute atomic E-state index is 0.332. The smallest absolute Gasteiger partial charge is 0.308 e. The molecule has 0 amide bonds. The first-order valence-electron chi connectivity index (χ1n) is 5.90. The quantitative estimate of drug-likeness (QED) is 0.705. The first kappa shape index (κ1) is 14.2. The third kappa shape index (κ3) is 2.27. The van der Waals surface area contributed by atoms with E-state index in [1.807, 2.05) is 0 Å². The molecule has 3 aromatic heterocycles. The summed E-state index contributed by atoms with van der Waals surface area (Å²) in [4.78, 5) is 8.07. The van der Waals surface area contributed by atoms with Gasteiger partial charge in [0.1, 0.15) is 0 Å². The molecule has 0 radical (unpaired) electrons. The molecule has 0 spiro atoms. The molecular formula is C12H11BrN4O3S. The second-order valence-electron chi connectivity index (χ2n) is 4.52. The van der Waals surface area contributed by atoms with Gasteiger partial charge in [0.2, 0.25) is 0 Å². The summed E-state index contributed by atoms with van der Waals surface area (Å²) in [6, 6.07) is 1.79. The van der Waals surface area contributed by atoms with Crippen molar-refractivity contribution in [1.82, 2.24) is 18.2 Å². The van der Waals surface area contributed by atoms with E-state index in [2.05, 4.69) is 25.9 Å². The number of rotatable bonds is 3. The lowest BCUT2D eigenvalue weighted by molar-refractivity contribution is 0.512. The third-order valence-electron chi connectivity index (χ3n) is 2.99. The Morgan fingerprint density at radius 3 is 2.71 bits per heavy atom. The standard InChI is InChI=1S/C12H11BrN4O3S/c1-16(2)21(18,19)17-6-10(11-5-14-7-20-11)9-3-8(13)4-15-12(9)17/h3-7H,1-2H3. The highest BCUT2D eigenvalue weighted by Gasteiger charge is 2.23. The number of fused-ring (bicyclic) bond motifs is 1. The van der Waals surface area contributed by atoms with Crippen molar-refractivity contribution in [2.24, 2.45) is 0 Å². The summed E-state index contributed by atoms with van der Waals surface area (Å²) in [5.74, 6) is 0.479. The highest BCUT2D eigenvalue weighted by atomic mass is 79.9. The number of nitrogens with zero attached hydrogens (tertiary/aromatic N) is 4. The van der Waals surface area contributed by atoms with Gasteiger partial charge in [-0.1, -0.05) is 0 Å². The summed E-state index contributed by atoms with van der Waals surface area (Å²) in [6.07, 6.45) is 5.86. The van der Waals surface area contributed by atoms with Gasteiger partial charge in [0.25, 0.3) is 0 Å². The van der Waals surface area contributed by atoms with Gasteiger partial charge >= 0.3 is 10.2 Å². The van der Waals surface area contributed by atoms with E-state index in [0.29, 0.717) is 22.4 Å². The van der Waals surface area contributed by atoms with Crippen molar-refractivity contribution in [3.8, 4) is 11.3 Å². The molecule has 0 unspecified atom stereocenters. The second-order valence-corrected chi connectivity index (χ2v) is 7.45. The molecule has 9 heteroatoms. The molecule has 3 heterocycles. The van der Waals surface area contributed by atoms with Crippen LogP contribution < -0.4 is 0 Å². The Balaban J connectivity index is 2.39. The van der Waals surface area contributed by atoms with E-state index in [1.165, 1.54) is 32.9 Å². The Hall–Kier alpha value is -1.71. The van der Waals surface area contributed by atoms with Crippen molar-refractivity contribution in [2.45, 2.75) is 0 Å². The molecular weight excluding hydrogens is 360 g/mol. The molecule has 0 atom stereocenters. The minimum atomic E-state index is -3.68. The number of hydrogen-bond acceptors (Lipinski definition) is 5. The Labute approximate surface area is 129 Å². The third-order valence-corrected chi connectivity index (χ3v) is 5.12. The maximum absolute atomic E-state index is 12.4. The van der Waals surface area contributed by atoms with Crippen LogP contribution in [0, 0.1) is 0 Å². The van der Waals surface area contributed by atoms with Gasteiger partial charge in [-0.15, -0.1) is 0 Å². The summed E-state index contributed by atoms with van der Waals surface area (Å²) < 4.78 is 33.1. The van der Waals surface area contributed by atoms with Crippen molar-refractivity contribution >= 4 is 37.2 Å². The fourth-order valence-corrected chi connectivity index (χ4v) is 3.24. The van der Waals surface area contributed by atoms with Gasteiger partial charge in [-0.25, -0.2) is 13.9 Å². The first-order chi connectivity index (χ1) is 9.91. The number of pyridine rings is 1. The van der Waals surface area contributed by atoms with Gasteiger partial charge in [-0.3, -0.25) is 0 Å². The van der Waals surface area contributed by atoms with Crippen molar-refractivity contribution in [2.75, 3.05) is 14.1 Å². The normalized spacial score (nSPS) is 12.4. The molecule has 0 saturated carbocycles. The topological polar surface area (TPSA) is 81.2 Å². The van der Waals surface area contributed by atoms with Gasteiger partial charge in [0, 0.05) is 41.9 Å². The summed E-state index contributed by atoms with van der Waals surface area (Å²) in [7, 11) is -0.744. The zero-order valence-corrected chi connectivity index (χ0v) is 13.6. The number of oxazole rings is 1. The molecule has 3 rings (SSSR count). The fraction of sp³-hybridized carbons (Fsp3) is 0.167. The summed E-state index contributed by atoms with van der Waals surface area (Å²) in [6.45, 7) is 0. The molecule has 0 bridgehead atoms. The van der Waals surface area contributed by atoms with Crippen LogP contribution in [0.25, 0.3) is 22.4 Å². The lowest BCUT2D eigenvalue weighted by atomic mass is 10.2. The molecule has 0 aromatic carbocycles. The largest absolute Gasteiger partial charge is 0.443 e. The van der Waals surface area contributed by atoms with Gasteiger partial charge in [-0.2, -0.15) is 12.7 Å². The Bertz CT molecular complexity index is 900. The average molecular weight is 371 g/mol. The fourth-order valence-electron chi connectivity index (χ4n) is 1.95. The van der Waals surface area contributed by atoms with E-state index < -0.39 is 10.2 Å². The maximum atomic E-state index is 12.4. The molecule has 0 N–H and O–H groups in total. The maximum Gasteiger partial charge on any atom is 0.308 e. The molecule has 0 saturated heterocycles. The molecule has 0 aliphatic carbocycles. The van der Waals surface area contributed by atoms with Crippen LogP contribution in [0.15, 0.2) is 39.9 Å². The minimum Gasteiger partial charge on any atom is -0.443 e. The highest BCUT2D eigenvalue weighted by Crippen LogP contribution is 2.32. The molecule has 0 aliphatic heterocycles. The van der Waals surface area contributed by atoms with Gasteiger partial charge in [-0.05, 0) is 22.0 Å². The number of aromatic nitrogens is 3.